The first-order chi connectivity index (χ1) is 15.2. The van der Waals surface area contributed by atoms with Crippen LogP contribution in [0.2, 0.25) is 0 Å². The molecule has 1 aliphatic heterocycles. The topological polar surface area (TPSA) is 12.5 Å². The number of hydrogen-bond donors (Lipinski definition) is 0. The summed E-state index contributed by atoms with van der Waals surface area (Å²) in [6.07, 6.45) is 20.3. The normalized spacial score (nSPS) is 28.4. The summed E-state index contributed by atoms with van der Waals surface area (Å²) in [5.74, 6) is 1.21. The molecule has 0 aromatic heterocycles. The van der Waals surface area contributed by atoms with Crippen LogP contribution < -0.4 is 0 Å². The summed E-state index contributed by atoms with van der Waals surface area (Å²) in [6, 6.07) is 3.46. The molecule has 3 heteroatoms. The second-order valence-corrected chi connectivity index (χ2v) is 10.3. The third-order valence-corrected chi connectivity index (χ3v) is 8.07. The lowest BCUT2D eigenvalue weighted by Crippen LogP contribution is -2.16. The minimum atomic E-state index is -0.719. The smallest absolute Gasteiger partial charge is 0.166 e. The van der Waals surface area contributed by atoms with E-state index in [1.54, 1.807) is 12.1 Å². The van der Waals surface area contributed by atoms with Gasteiger partial charge in [-0.25, -0.2) is 8.78 Å². The van der Waals surface area contributed by atoms with Gasteiger partial charge in [-0.15, -0.1) is 0 Å². The fraction of sp³-hybridized carbons (Fsp3) is 0.714. The summed E-state index contributed by atoms with van der Waals surface area (Å²) in [6.45, 7) is 2.79. The zero-order chi connectivity index (χ0) is 21.6. The number of benzene rings is 1. The van der Waals surface area contributed by atoms with Crippen molar-refractivity contribution >= 4 is 5.57 Å². The minimum Gasteiger partial charge on any atom is -0.368 e. The van der Waals surface area contributed by atoms with Crippen LogP contribution in [0.5, 0.6) is 0 Å². The zero-order valence-electron chi connectivity index (χ0n) is 19.3. The lowest BCUT2D eigenvalue weighted by Gasteiger charge is -2.30. The standard InChI is InChI=1S/C28H40F2O/c1-2-3-4-5-6-20-7-9-21(10-8-20)11-12-22-13-15-23(16-14-22)24-17-18-25(26-19-31-26)28(30)27(24)29/h15,17-18,20-22,26H,2-14,16,19H2,1H3. The van der Waals surface area contributed by atoms with Gasteiger partial charge in [-0.05, 0) is 49.0 Å². The SMILES string of the molecule is CCCCCCC1CCC(CCC2CC=C(c3ccc(C4CO4)c(F)c3F)CC2)CC1. The Morgan fingerprint density at radius 3 is 2.19 bits per heavy atom. The average Bonchev–Trinajstić information content (AvgIpc) is 3.64. The van der Waals surface area contributed by atoms with Crippen molar-refractivity contribution < 1.29 is 13.5 Å². The van der Waals surface area contributed by atoms with Gasteiger partial charge in [-0.3, -0.25) is 0 Å². The number of halogens is 2. The van der Waals surface area contributed by atoms with Crippen molar-refractivity contribution in [2.24, 2.45) is 17.8 Å². The molecule has 1 heterocycles. The van der Waals surface area contributed by atoms with Gasteiger partial charge in [0.15, 0.2) is 11.6 Å². The van der Waals surface area contributed by atoms with Crippen molar-refractivity contribution in [1.29, 1.82) is 0 Å². The van der Waals surface area contributed by atoms with Gasteiger partial charge in [0.2, 0.25) is 0 Å². The molecule has 0 spiro atoms. The molecule has 31 heavy (non-hydrogen) atoms. The maximum absolute atomic E-state index is 14.6. The quantitative estimate of drug-likeness (QED) is 0.267. The summed E-state index contributed by atoms with van der Waals surface area (Å²) in [4.78, 5) is 0. The molecule has 2 unspecified atom stereocenters. The number of hydrogen-bond acceptors (Lipinski definition) is 1. The highest BCUT2D eigenvalue weighted by Crippen LogP contribution is 2.40. The Balaban J connectivity index is 1.19. The predicted molar refractivity (Wildman–Crippen MR) is 124 cm³/mol. The highest BCUT2D eigenvalue weighted by Gasteiger charge is 2.31. The Morgan fingerprint density at radius 2 is 1.55 bits per heavy atom. The Morgan fingerprint density at radius 1 is 0.839 bits per heavy atom. The van der Waals surface area contributed by atoms with Gasteiger partial charge in [0, 0.05) is 11.1 Å². The Hall–Kier alpha value is -1.22. The second-order valence-electron chi connectivity index (χ2n) is 10.3. The summed E-state index contributed by atoms with van der Waals surface area (Å²) in [5, 5.41) is 0. The Kier molecular flexibility index (Phi) is 8.20. The van der Waals surface area contributed by atoms with E-state index in [1.165, 1.54) is 70.6 Å². The largest absolute Gasteiger partial charge is 0.368 e. The number of rotatable bonds is 10. The summed E-state index contributed by atoms with van der Waals surface area (Å²) in [5.41, 5.74) is 1.81. The van der Waals surface area contributed by atoms with E-state index in [4.69, 9.17) is 4.74 Å². The monoisotopic (exact) mass is 430 g/mol. The van der Waals surface area contributed by atoms with Crippen molar-refractivity contribution in [2.45, 2.75) is 103 Å². The van der Waals surface area contributed by atoms with Gasteiger partial charge in [0.05, 0.1) is 6.61 Å². The van der Waals surface area contributed by atoms with Crippen LogP contribution in [-0.4, -0.2) is 6.61 Å². The predicted octanol–water partition coefficient (Wildman–Crippen LogP) is 8.78. The maximum Gasteiger partial charge on any atom is 0.166 e. The molecule has 0 N–H and O–H groups in total. The molecule has 1 aromatic rings. The van der Waals surface area contributed by atoms with Crippen molar-refractivity contribution in [2.75, 3.05) is 6.61 Å². The number of epoxide rings is 1. The summed E-state index contributed by atoms with van der Waals surface area (Å²) >= 11 is 0. The summed E-state index contributed by atoms with van der Waals surface area (Å²) < 4.78 is 34.1. The van der Waals surface area contributed by atoms with Crippen molar-refractivity contribution in [3.05, 3.63) is 41.0 Å². The molecule has 2 aliphatic carbocycles. The van der Waals surface area contributed by atoms with Crippen LogP contribution in [0, 0.1) is 29.4 Å². The molecule has 0 amide bonds. The van der Waals surface area contributed by atoms with Crippen LogP contribution in [0.1, 0.15) is 114 Å². The molecular weight excluding hydrogens is 390 g/mol. The van der Waals surface area contributed by atoms with E-state index in [9.17, 15) is 8.78 Å². The molecule has 2 atom stereocenters. The van der Waals surface area contributed by atoms with Crippen molar-refractivity contribution in [1.82, 2.24) is 0 Å². The van der Waals surface area contributed by atoms with E-state index >= 15 is 0 Å². The van der Waals surface area contributed by atoms with Gasteiger partial charge in [-0.1, -0.05) is 89.3 Å². The second kappa shape index (κ2) is 11.1. The van der Waals surface area contributed by atoms with E-state index in [1.807, 2.05) is 0 Å². The van der Waals surface area contributed by atoms with Gasteiger partial charge in [-0.2, -0.15) is 0 Å². The van der Waals surface area contributed by atoms with Gasteiger partial charge in [0.1, 0.15) is 6.10 Å². The number of unbranched alkanes of at least 4 members (excludes halogenated alkanes) is 3. The van der Waals surface area contributed by atoms with Crippen LogP contribution in [0.15, 0.2) is 18.2 Å². The molecule has 2 fully saturated rings. The lowest BCUT2D eigenvalue weighted by molar-refractivity contribution is 0.234. The molecule has 1 nitrogen and oxygen atoms in total. The lowest BCUT2D eigenvalue weighted by atomic mass is 9.76. The first-order valence-corrected chi connectivity index (χ1v) is 12.9. The van der Waals surface area contributed by atoms with Gasteiger partial charge >= 0.3 is 0 Å². The fourth-order valence-corrected chi connectivity index (χ4v) is 5.82. The maximum atomic E-state index is 14.6. The average molecular weight is 431 g/mol. The van der Waals surface area contributed by atoms with Crippen LogP contribution in [-0.2, 0) is 4.74 Å². The van der Waals surface area contributed by atoms with Crippen molar-refractivity contribution in [3.8, 4) is 0 Å². The van der Waals surface area contributed by atoms with E-state index in [0.29, 0.717) is 23.7 Å². The molecule has 1 saturated carbocycles. The van der Waals surface area contributed by atoms with Crippen LogP contribution >= 0.6 is 0 Å². The molecule has 0 bridgehead atoms. The minimum absolute atomic E-state index is 0.246. The highest BCUT2D eigenvalue weighted by atomic mass is 19.2. The van der Waals surface area contributed by atoms with Gasteiger partial charge in [0.25, 0.3) is 0 Å². The first kappa shape index (κ1) is 23.0. The zero-order valence-corrected chi connectivity index (χ0v) is 19.3. The third kappa shape index (κ3) is 6.18. The van der Waals surface area contributed by atoms with Crippen LogP contribution in [0.25, 0.3) is 5.57 Å². The third-order valence-electron chi connectivity index (χ3n) is 8.07. The Labute approximate surface area is 187 Å². The van der Waals surface area contributed by atoms with E-state index in [-0.39, 0.29) is 6.10 Å². The molecule has 172 valence electrons. The molecule has 1 saturated heterocycles. The van der Waals surface area contributed by atoms with E-state index in [2.05, 4.69) is 13.0 Å². The first-order valence-electron chi connectivity index (χ1n) is 12.9. The molecular formula is C28H40F2O. The molecule has 1 aromatic carbocycles. The molecule has 0 radical (unpaired) electrons. The van der Waals surface area contributed by atoms with Crippen molar-refractivity contribution in [3.63, 3.8) is 0 Å². The van der Waals surface area contributed by atoms with E-state index < -0.39 is 11.6 Å². The fourth-order valence-electron chi connectivity index (χ4n) is 5.82. The molecule has 3 aliphatic rings. The Bertz CT molecular complexity index is 744. The molecule has 4 rings (SSSR count). The van der Waals surface area contributed by atoms with Crippen LogP contribution in [0.4, 0.5) is 8.78 Å². The van der Waals surface area contributed by atoms with Gasteiger partial charge < -0.3 is 4.74 Å². The highest BCUT2D eigenvalue weighted by molar-refractivity contribution is 5.67. The van der Waals surface area contributed by atoms with Crippen LogP contribution in [0.3, 0.4) is 0 Å². The summed E-state index contributed by atoms with van der Waals surface area (Å²) in [7, 11) is 0. The number of allylic oxidation sites excluding steroid dienone is 2. The van der Waals surface area contributed by atoms with E-state index in [0.717, 1.165) is 36.7 Å². The number of ether oxygens (including phenoxy) is 1.